The molecule has 0 amide bonds. The number of aromatic nitrogens is 2. The molecule has 1 heterocycles. The van der Waals surface area contributed by atoms with E-state index in [1.807, 2.05) is 12.4 Å². The number of rotatable bonds is 7. The van der Waals surface area contributed by atoms with Crippen LogP contribution in [0.1, 0.15) is 38.2 Å². The SMILES string of the molecule is CCCCCCNCc1cn[nH]c1. The molecule has 0 saturated carbocycles. The first-order valence-corrected chi connectivity index (χ1v) is 5.12. The maximum absolute atomic E-state index is 3.89. The van der Waals surface area contributed by atoms with Crippen LogP contribution in [-0.4, -0.2) is 16.7 Å². The van der Waals surface area contributed by atoms with Gasteiger partial charge in [-0.05, 0) is 13.0 Å². The van der Waals surface area contributed by atoms with Crippen molar-refractivity contribution in [3.63, 3.8) is 0 Å². The van der Waals surface area contributed by atoms with E-state index in [-0.39, 0.29) is 0 Å². The Hall–Kier alpha value is -0.830. The molecule has 0 aliphatic carbocycles. The topological polar surface area (TPSA) is 40.7 Å². The van der Waals surface area contributed by atoms with E-state index in [1.54, 1.807) is 0 Å². The Morgan fingerprint density at radius 2 is 2.31 bits per heavy atom. The minimum absolute atomic E-state index is 0.933. The normalized spacial score (nSPS) is 10.5. The van der Waals surface area contributed by atoms with Crippen LogP contribution >= 0.6 is 0 Å². The number of nitrogens with one attached hydrogen (secondary N) is 2. The van der Waals surface area contributed by atoms with Crippen molar-refractivity contribution in [1.29, 1.82) is 0 Å². The summed E-state index contributed by atoms with van der Waals surface area (Å²) in [7, 11) is 0. The summed E-state index contributed by atoms with van der Waals surface area (Å²) in [4.78, 5) is 0. The summed E-state index contributed by atoms with van der Waals surface area (Å²) in [6.45, 7) is 4.28. The third-order valence-electron chi connectivity index (χ3n) is 2.09. The van der Waals surface area contributed by atoms with Gasteiger partial charge in [-0.25, -0.2) is 0 Å². The van der Waals surface area contributed by atoms with E-state index in [9.17, 15) is 0 Å². The summed E-state index contributed by atoms with van der Waals surface area (Å²) in [5, 5.41) is 10.1. The highest BCUT2D eigenvalue weighted by Gasteiger charge is 1.92. The van der Waals surface area contributed by atoms with Gasteiger partial charge in [0.05, 0.1) is 6.20 Å². The number of aromatic amines is 1. The van der Waals surface area contributed by atoms with Crippen LogP contribution in [0.25, 0.3) is 0 Å². The Bertz CT molecular complexity index is 194. The standard InChI is InChI=1S/C10H19N3/c1-2-3-4-5-6-11-7-10-8-12-13-9-10/h8-9,11H,2-7H2,1H3,(H,12,13). The third-order valence-corrected chi connectivity index (χ3v) is 2.09. The monoisotopic (exact) mass is 181 g/mol. The van der Waals surface area contributed by atoms with Gasteiger partial charge in [0.2, 0.25) is 0 Å². The number of unbranched alkanes of at least 4 members (excludes halogenated alkanes) is 3. The second-order valence-corrected chi connectivity index (χ2v) is 3.34. The van der Waals surface area contributed by atoms with Crippen molar-refractivity contribution in [2.75, 3.05) is 6.54 Å². The van der Waals surface area contributed by atoms with Crippen molar-refractivity contribution in [3.05, 3.63) is 18.0 Å². The highest BCUT2D eigenvalue weighted by atomic mass is 15.1. The van der Waals surface area contributed by atoms with Crippen molar-refractivity contribution >= 4 is 0 Å². The Kier molecular flexibility index (Phi) is 5.25. The first kappa shape index (κ1) is 10.3. The van der Waals surface area contributed by atoms with E-state index in [0.29, 0.717) is 0 Å². The number of H-pyrrole nitrogens is 1. The lowest BCUT2D eigenvalue weighted by Gasteiger charge is -2.01. The molecular weight excluding hydrogens is 162 g/mol. The Morgan fingerprint density at radius 3 is 3.00 bits per heavy atom. The zero-order valence-corrected chi connectivity index (χ0v) is 8.34. The summed E-state index contributed by atoms with van der Waals surface area (Å²) in [5.74, 6) is 0. The summed E-state index contributed by atoms with van der Waals surface area (Å²) >= 11 is 0. The van der Waals surface area contributed by atoms with Gasteiger partial charge in [0.1, 0.15) is 0 Å². The molecule has 13 heavy (non-hydrogen) atoms. The zero-order chi connectivity index (χ0) is 9.36. The fraction of sp³-hybridized carbons (Fsp3) is 0.700. The lowest BCUT2D eigenvalue weighted by molar-refractivity contribution is 0.598. The number of hydrogen-bond acceptors (Lipinski definition) is 2. The van der Waals surface area contributed by atoms with Gasteiger partial charge in [0.15, 0.2) is 0 Å². The molecule has 0 radical (unpaired) electrons. The van der Waals surface area contributed by atoms with Crippen LogP contribution in [-0.2, 0) is 6.54 Å². The molecule has 1 aromatic rings. The molecule has 0 aliphatic rings. The van der Waals surface area contributed by atoms with Gasteiger partial charge in [-0.15, -0.1) is 0 Å². The molecule has 0 aliphatic heterocycles. The van der Waals surface area contributed by atoms with Gasteiger partial charge in [-0.2, -0.15) is 5.10 Å². The molecule has 1 rings (SSSR count). The van der Waals surface area contributed by atoms with Crippen molar-refractivity contribution < 1.29 is 0 Å². The van der Waals surface area contributed by atoms with E-state index in [1.165, 1.54) is 31.2 Å². The molecule has 0 atom stereocenters. The quantitative estimate of drug-likeness (QED) is 0.632. The Labute approximate surface area is 79.9 Å². The summed E-state index contributed by atoms with van der Waals surface area (Å²) in [6.07, 6.45) is 9.08. The van der Waals surface area contributed by atoms with E-state index >= 15 is 0 Å². The summed E-state index contributed by atoms with van der Waals surface area (Å²) in [6, 6.07) is 0. The fourth-order valence-corrected chi connectivity index (χ4v) is 1.28. The summed E-state index contributed by atoms with van der Waals surface area (Å²) < 4.78 is 0. The second-order valence-electron chi connectivity index (χ2n) is 3.34. The van der Waals surface area contributed by atoms with Gasteiger partial charge in [0, 0.05) is 18.3 Å². The summed E-state index contributed by atoms with van der Waals surface area (Å²) in [5.41, 5.74) is 1.23. The number of nitrogens with zero attached hydrogens (tertiary/aromatic N) is 1. The minimum atomic E-state index is 0.933. The molecule has 3 nitrogen and oxygen atoms in total. The molecule has 0 fully saturated rings. The van der Waals surface area contributed by atoms with Gasteiger partial charge in [0.25, 0.3) is 0 Å². The fourth-order valence-electron chi connectivity index (χ4n) is 1.28. The van der Waals surface area contributed by atoms with Crippen LogP contribution < -0.4 is 5.32 Å². The zero-order valence-electron chi connectivity index (χ0n) is 8.34. The smallest absolute Gasteiger partial charge is 0.0532 e. The molecule has 2 N–H and O–H groups in total. The average Bonchev–Trinajstić information content (AvgIpc) is 2.63. The van der Waals surface area contributed by atoms with Gasteiger partial charge in [-0.3, -0.25) is 5.10 Å². The van der Waals surface area contributed by atoms with Crippen LogP contribution in [0.15, 0.2) is 12.4 Å². The van der Waals surface area contributed by atoms with Crippen LogP contribution in [0.3, 0.4) is 0 Å². The molecule has 74 valence electrons. The predicted molar refractivity (Wildman–Crippen MR) is 54.4 cm³/mol. The maximum atomic E-state index is 3.89. The molecule has 0 spiro atoms. The van der Waals surface area contributed by atoms with E-state index in [2.05, 4.69) is 22.4 Å². The lowest BCUT2D eigenvalue weighted by atomic mass is 10.2. The molecule has 0 unspecified atom stereocenters. The minimum Gasteiger partial charge on any atom is -0.313 e. The molecule has 0 bridgehead atoms. The van der Waals surface area contributed by atoms with Crippen molar-refractivity contribution in [3.8, 4) is 0 Å². The Balaban J connectivity index is 1.90. The second kappa shape index (κ2) is 6.66. The maximum Gasteiger partial charge on any atom is 0.0532 e. The highest BCUT2D eigenvalue weighted by molar-refractivity contribution is 5.01. The molecule has 0 aromatic carbocycles. The first-order valence-electron chi connectivity index (χ1n) is 5.12. The average molecular weight is 181 g/mol. The largest absolute Gasteiger partial charge is 0.313 e. The van der Waals surface area contributed by atoms with Gasteiger partial charge < -0.3 is 5.32 Å². The highest BCUT2D eigenvalue weighted by Crippen LogP contribution is 1.98. The van der Waals surface area contributed by atoms with Crippen LogP contribution in [0.4, 0.5) is 0 Å². The van der Waals surface area contributed by atoms with Crippen molar-refractivity contribution in [1.82, 2.24) is 15.5 Å². The van der Waals surface area contributed by atoms with Crippen LogP contribution in [0.2, 0.25) is 0 Å². The van der Waals surface area contributed by atoms with Crippen LogP contribution in [0, 0.1) is 0 Å². The van der Waals surface area contributed by atoms with E-state index in [4.69, 9.17) is 0 Å². The van der Waals surface area contributed by atoms with Crippen molar-refractivity contribution in [2.24, 2.45) is 0 Å². The van der Waals surface area contributed by atoms with E-state index in [0.717, 1.165) is 13.1 Å². The van der Waals surface area contributed by atoms with Gasteiger partial charge >= 0.3 is 0 Å². The number of hydrogen-bond donors (Lipinski definition) is 2. The lowest BCUT2D eigenvalue weighted by Crippen LogP contribution is -2.14. The van der Waals surface area contributed by atoms with Crippen LogP contribution in [0.5, 0.6) is 0 Å². The molecule has 1 aromatic heterocycles. The van der Waals surface area contributed by atoms with Gasteiger partial charge in [-0.1, -0.05) is 26.2 Å². The van der Waals surface area contributed by atoms with E-state index < -0.39 is 0 Å². The predicted octanol–water partition coefficient (Wildman–Crippen LogP) is 2.08. The molecule has 0 saturated heterocycles. The van der Waals surface area contributed by atoms with Crippen molar-refractivity contribution in [2.45, 2.75) is 39.2 Å². The molecular formula is C10H19N3. The Morgan fingerprint density at radius 1 is 1.38 bits per heavy atom. The molecule has 3 heteroatoms. The first-order chi connectivity index (χ1) is 6.43. The third kappa shape index (κ3) is 4.68.